The van der Waals surface area contributed by atoms with Crippen LogP contribution in [0.25, 0.3) is 0 Å². The summed E-state index contributed by atoms with van der Waals surface area (Å²) in [5, 5.41) is 9.67. The summed E-state index contributed by atoms with van der Waals surface area (Å²) < 4.78 is 10.1. The van der Waals surface area contributed by atoms with E-state index in [9.17, 15) is 19.5 Å². The second kappa shape index (κ2) is 7.38. The number of methoxy groups -OCH3 is 1. The molecule has 2 aliphatic carbocycles. The van der Waals surface area contributed by atoms with Gasteiger partial charge in [0.25, 0.3) is 0 Å². The Morgan fingerprint density at radius 2 is 2.19 bits per heavy atom. The van der Waals surface area contributed by atoms with Crippen molar-refractivity contribution in [3.8, 4) is 0 Å². The first kappa shape index (κ1) is 20.1. The number of esters is 2. The summed E-state index contributed by atoms with van der Waals surface area (Å²) in [6.07, 6.45) is 5.61. The van der Waals surface area contributed by atoms with E-state index in [1.165, 1.54) is 7.11 Å². The lowest BCUT2D eigenvalue weighted by Gasteiger charge is -2.55. The van der Waals surface area contributed by atoms with Gasteiger partial charge in [-0.25, -0.2) is 4.79 Å². The van der Waals surface area contributed by atoms with Crippen LogP contribution in [0.4, 0.5) is 0 Å². The minimum absolute atomic E-state index is 0.0872. The largest absolute Gasteiger partial charge is 0.469 e. The normalized spacial score (nSPS) is 36.4. The monoisotopic (exact) mass is 378 g/mol. The highest BCUT2D eigenvalue weighted by Crippen LogP contribution is 2.63. The second-order valence-electron chi connectivity index (χ2n) is 8.72. The lowest BCUT2D eigenvalue weighted by molar-refractivity contribution is -0.147. The molecule has 0 aromatic rings. The van der Waals surface area contributed by atoms with Gasteiger partial charge >= 0.3 is 11.9 Å². The summed E-state index contributed by atoms with van der Waals surface area (Å²) in [4.78, 5) is 36.8. The number of cyclic esters (lactones) is 1. The van der Waals surface area contributed by atoms with Gasteiger partial charge in [-0.05, 0) is 42.9 Å². The third kappa shape index (κ3) is 3.22. The Hall–Kier alpha value is -1.69. The number of rotatable bonds is 6. The van der Waals surface area contributed by atoms with Gasteiger partial charge in [0.2, 0.25) is 0 Å². The van der Waals surface area contributed by atoms with Crippen LogP contribution in [0.3, 0.4) is 0 Å². The second-order valence-corrected chi connectivity index (χ2v) is 8.72. The molecule has 2 fully saturated rings. The number of ether oxygens (including phenoxy) is 2. The Kier molecular flexibility index (Phi) is 5.48. The molecule has 27 heavy (non-hydrogen) atoms. The standard InChI is InChI=1S/C21H30O6/c1-13-16(23)10-21-12-27-19(25)15(21)5-4-6-17(21)20(13,2)8-7-14(11-22)9-18(24)26-3/h5,13-14,17,22H,4,6-12H2,1-3H3/t13-,14?,17-,20+,21-/m1/s1. The third-order valence-corrected chi connectivity index (χ3v) is 7.48. The minimum Gasteiger partial charge on any atom is -0.469 e. The molecule has 3 rings (SSSR count). The summed E-state index contributed by atoms with van der Waals surface area (Å²) in [5.74, 6) is -0.561. The summed E-state index contributed by atoms with van der Waals surface area (Å²) in [6.45, 7) is 4.33. The first-order chi connectivity index (χ1) is 12.8. The average Bonchev–Trinajstić information content (AvgIpc) is 2.99. The summed E-state index contributed by atoms with van der Waals surface area (Å²) in [7, 11) is 1.34. The van der Waals surface area contributed by atoms with Gasteiger partial charge in [0.1, 0.15) is 12.4 Å². The van der Waals surface area contributed by atoms with Crippen LogP contribution in [0, 0.1) is 28.6 Å². The van der Waals surface area contributed by atoms with Crippen molar-refractivity contribution >= 4 is 17.7 Å². The van der Waals surface area contributed by atoms with E-state index in [0.29, 0.717) is 25.0 Å². The molecule has 0 bridgehead atoms. The fraction of sp³-hybridized carbons (Fsp3) is 0.762. The summed E-state index contributed by atoms with van der Waals surface area (Å²) >= 11 is 0. The van der Waals surface area contributed by atoms with Gasteiger partial charge in [-0.1, -0.05) is 19.9 Å². The van der Waals surface area contributed by atoms with Crippen molar-refractivity contribution in [3.05, 3.63) is 11.6 Å². The highest BCUT2D eigenvalue weighted by Gasteiger charge is 2.63. The number of hydrogen-bond donors (Lipinski definition) is 1. The van der Waals surface area contributed by atoms with E-state index in [2.05, 4.69) is 6.92 Å². The van der Waals surface area contributed by atoms with Crippen LogP contribution >= 0.6 is 0 Å². The molecular formula is C21H30O6. The van der Waals surface area contributed by atoms with Crippen molar-refractivity contribution in [3.63, 3.8) is 0 Å². The van der Waals surface area contributed by atoms with E-state index in [1.807, 2.05) is 13.0 Å². The highest BCUT2D eigenvalue weighted by molar-refractivity contribution is 5.95. The van der Waals surface area contributed by atoms with Gasteiger partial charge < -0.3 is 14.6 Å². The molecule has 1 spiro atoms. The van der Waals surface area contributed by atoms with Gasteiger partial charge in [0.05, 0.1) is 13.5 Å². The molecule has 150 valence electrons. The molecule has 0 aromatic heterocycles. The number of hydrogen-bond acceptors (Lipinski definition) is 6. The smallest absolute Gasteiger partial charge is 0.334 e. The zero-order chi connectivity index (χ0) is 19.8. The summed E-state index contributed by atoms with van der Waals surface area (Å²) in [6, 6.07) is 0. The maximum absolute atomic E-state index is 12.9. The first-order valence-electron chi connectivity index (χ1n) is 9.86. The Bertz CT molecular complexity index is 668. The molecule has 1 saturated heterocycles. The van der Waals surface area contributed by atoms with Crippen LogP contribution in [0.2, 0.25) is 0 Å². The molecule has 0 amide bonds. The fourth-order valence-electron chi connectivity index (χ4n) is 5.65. The van der Waals surface area contributed by atoms with Crippen LogP contribution in [0.1, 0.15) is 52.4 Å². The lowest BCUT2D eigenvalue weighted by atomic mass is 9.46. The molecule has 1 saturated carbocycles. The highest BCUT2D eigenvalue weighted by atomic mass is 16.5. The molecule has 6 nitrogen and oxygen atoms in total. The maximum Gasteiger partial charge on any atom is 0.334 e. The van der Waals surface area contributed by atoms with Gasteiger partial charge in [0, 0.05) is 29.9 Å². The molecule has 6 heteroatoms. The van der Waals surface area contributed by atoms with Crippen LogP contribution < -0.4 is 0 Å². The number of allylic oxidation sites excluding steroid dienone is 1. The number of ketones is 1. The van der Waals surface area contributed by atoms with Crippen LogP contribution in [0.5, 0.6) is 0 Å². The Morgan fingerprint density at radius 1 is 1.44 bits per heavy atom. The van der Waals surface area contributed by atoms with Crippen molar-refractivity contribution in [2.75, 3.05) is 20.3 Å². The summed E-state index contributed by atoms with van der Waals surface area (Å²) in [5.41, 5.74) is -0.101. The molecule has 1 aliphatic heterocycles. The molecule has 0 radical (unpaired) electrons. The zero-order valence-electron chi connectivity index (χ0n) is 16.5. The maximum atomic E-state index is 12.9. The van der Waals surface area contributed by atoms with Crippen molar-refractivity contribution in [2.24, 2.45) is 28.6 Å². The molecule has 1 unspecified atom stereocenters. The third-order valence-electron chi connectivity index (χ3n) is 7.48. The fourth-order valence-corrected chi connectivity index (χ4v) is 5.65. The van der Waals surface area contributed by atoms with Gasteiger partial charge in [0.15, 0.2) is 0 Å². The van der Waals surface area contributed by atoms with Crippen LogP contribution in [-0.2, 0) is 23.9 Å². The van der Waals surface area contributed by atoms with E-state index in [1.54, 1.807) is 0 Å². The van der Waals surface area contributed by atoms with E-state index < -0.39 is 5.41 Å². The first-order valence-corrected chi connectivity index (χ1v) is 9.86. The van der Waals surface area contributed by atoms with Crippen LogP contribution in [-0.4, -0.2) is 43.2 Å². The lowest BCUT2D eigenvalue weighted by Crippen LogP contribution is -2.55. The number of carbonyl (C=O) groups is 3. The Morgan fingerprint density at radius 3 is 2.85 bits per heavy atom. The zero-order valence-corrected chi connectivity index (χ0v) is 16.5. The quantitative estimate of drug-likeness (QED) is 0.714. The Labute approximate surface area is 160 Å². The molecule has 5 atom stereocenters. The predicted octanol–water partition coefficient (Wildman–Crippen LogP) is 2.43. The van der Waals surface area contributed by atoms with E-state index in [4.69, 9.17) is 9.47 Å². The molecule has 0 aromatic carbocycles. The predicted molar refractivity (Wildman–Crippen MR) is 97.5 cm³/mol. The van der Waals surface area contributed by atoms with E-state index in [0.717, 1.165) is 19.3 Å². The minimum atomic E-state index is -0.495. The van der Waals surface area contributed by atoms with Crippen molar-refractivity contribution in [2.45, 2.75) is 52.4 Å². The van der Waals surface area contributed by atoms with Crippen LogP contribution in [0.15, 0.2) is 11.6 Å². The Balaban J connectivity index is 1.86. The van der Waals surface area contributed by atoms with Gasteiger partial charge in [-0.2, -0.15) is 0 Å². The number of carbonyl (C=O) groups excluding carboxylic acids is 3. The number of Topliss-reactive ketones (excluding diaryl/α,β-unsaturated/α-hetero) is 1. The molecule has 3 aliphatic rings. The van der Waals surface area contributed by atoms with Crippen molar-refractivity contribution in [1.29, 1.82) is 0 Å². The van der Waals surface area contributed by atoms with E-state index in [-0.39, 0.29) is 53.9 Å². The molecule has 1 heterocycles. The molecular weight excluding hydrogens is 348 g/mol. The number of aliphatic hydroxyl groups is 1. The van der Waals surface area contributed by atoms with Crippen molar-refractivity contribution < 1.29 is 29.0 Å². The topological polar surface area (TPSA) is 89.9 Å². The SMILES string of the molecule is COC(=O)CC(CO)CC[C@@]1(C)[C@H](C)C(=O)C[C@@]23COC(=O)C2=CCC[C@@H]31. The average molecular weight is 378 g/mol. The molecule has 1 N–H and O–H groups in total. The van der Waals surface area contributed by atoms with Gasteiger partial charge in [-0.15, -0.1) is 0 Å². The van der Waals surface area contributed by atoms with Crippen molar-refractivity contribution in [1.82, 2.24) is 0 Å². The van der Waals surface area contributed by atoms with E-state index >= 15 is 0 Å². The van der Waals surface area contributed by atoms with Gasteiger partial charge in [-0.3, -0.25) is 9.59 Å². The number of aliphatic hydroxyl groups excluding tert-OH is 1.